The molecular formula is C16H12Cl3N3O5. The number of rotatable bonds is 4. The molecule has 8 nitrogen and oxygen atoms in total. The molecule has 0 aliphatic heterocycles. The third kappa shape index (κ3) is 4.79. The van der Waals surface area contributed by atoms with Gasteiger partial charge in [0.05, 0.1) is 22.1 Å². The molecule has 0 aromatic heterocycles. The molecule has 0 atom stereocenters. The average Bonchev–Trinajstić information content (AvgIpc) is 2.66. The number of methoxy groups -OCH3 is 1. The van der Waals surface area contributed by atoms with E-state index in [2.05, 4.69) is 10.3 Å². The highest BCUT2D eigenvalue weighted by Gasteiger charge is 2.22. The monoisotopic (exact) mass is 431 g/mol. The zero-order chi connectivity index (χ0) is 20.1. The van der Waals surface area contributed by atoms with Crippen molar-refractivity contribution in [1.29, 1.82) is 0 Å². The van der Waals surface area contributed by atoms with Crippen LogP contribution in [0.1, 0.15) is 5.56 Å². The molecule has 0 unspecified atom stereocenters. The van der Waals surface area contributed by atoms with Crippen LogP contribution in [0, 0.1) is 10.1 Å². The van der Waals surface area contributed by atoms with E-state index in [0.29, 0.717) is 0 Å². The molecule has 0 heterocycles. The number of nitro benzene ring substituents is 1. The third-order valence-corrected chi connectivity index (χ3v) is 4.51. The van der Waals surface area contributed by atoms with Crippen LogP contribution >= 0.6 is 34.8 Å². The number of halogens is 3. The van der Waals surface area contributed by atoms with Gasteiger partial charge in [-0.2, -0.15) is 4.99 Å². The van der Waals surface area contributed by atoms with E-state index in [4.69, 9.17) is 44.3 Å². The predicted octanol–water partition coefficient (Wildman–Crippen LogP) is 5.08. The van der Waals surface area contributed by atoms with Crippen LogP contribution in [0.5, 0.6) is 11.5 Å². The lowest BCUT2D eigenvalue weighted by Crippen LogP contribution is -2.17. The first-order valence-electron chi connectivity index (χ1n) is 7.23. The number of hydrogen-bond donors (Lipinski definition) is 1. The van der Waals surface area contributed by atoms with Gasteiger partial charge < -0.3 is 14.8 Å². The number of urea groups is 1. The first-order chi connectivity index (χ1) is 12.8. The lowest BCUT2D eigenvalue weighted by atomic mass is 10.1. The Morgan fingerprint density at radius 3 is 2.48 bits per heavy atom. The Labute approximate surface area is 168 Å². The minimum Gasteiger partial charge on any atom is -0.480 e. The Bertz CT molecular complexity index is 934. The summed E-state index contributed by atoms with van der Waals surface area (Å²) in [6.07, 6.45) is 0. The summed E-state index contributed by atoms with van der Waals surface area (Å²) < 4.78 is 10.7. The molecule has 11 heteroatoms. The molecule has 0 fully saturated rings. The highest BCUT2D eigenvalue weighted by molar-refractivity contribution is 6.48. The number of ether oxygens (including phenoxy) is 2. The van der Waals surface area contributed by atoms with Gasteiger partial charge in [0.15, 0.2) is 0 Å². The molecule has 0 bridgehead atoms. The number of carbonyl (C=O) groups is 1. The molecule has 142 valence electrons. The number of nitro groups is 1. The SMILES string of the molecule is CNC(=O)N=C(OC)c1cc(Oc2ccc(Cl)c(Cl)c2Cl)ccc1[N+](=O)[O-]. The maximum Gasteiger partial charge on any atom is 0.343 e. The number of amides is 2. The van der Waals surface area contributed by atoms with Gasteiger partial charge in [0.1, 0.15) is 22.1 Å². The van der Waals surface area contributed by atoms with E-state index in [1.165, 1.54) is 44.5 Å². The summed E-state index contributed by atoms with van der Waals surface area (Å²) in [5.41, 5.74) is -0.383. The van der Waals surface area contributed by atoms with E-state index >= 15 is 0 Å². The van der Waals surface area contributed by atoms with Gasteiger partial charge in [0.2, 0.25) is 5.90 Å². The molecule has 0 aliphatic rings. The summed E-state index contributed by atoms with van der Waals surface area (Å²) in [5, 5.41) is 14.0. The van der Waals surface area contributed by atoms with Crippen molar-refractivity contribution in [2.24, 2.45) is 4.99 Å². The van der Waals surface area contributed by atoms with Gasteiger partial charge in [-0.25, -0.2) is 4.79 Å². The van der Waals surface area contributed by atoms with Crippen LogP contribution in [-0.4, -0.2) is 31.0 Å². The van der Waals surface area contributed by atoms with Gasteiger partial charge in [-0.1, -0.05) is 34.8 Å². The van der Waals surface area contributed by atoms with Crippen molar-refractivity contribution in [1.82, 2.24) is 5.32 Å². The number of nitrogens with zero attached hydrogens (tertiary/aromatic N) is 2. The van der Waals surface area contributed by atoms with Crippen LogP contribution in [0.2, 0.25) is 15.1 Å². The highest BCUT2D eigenvalue weighted by atomic mass is 35.5. The summed E-state index contributed by atoms with van der Waals surface area (Å²) in [6, 6.07) is 6.09. The van der Waals surface area contributed by atoms with Crippen LogP contribution in [0.4, 0.5) is 10.5 Å². The quantitative estimate of drug-likeness (QED) is 0.238. The number of hydrogen-bond acceptors (Lipinski definition) is 5. The van der Waals surface area contributed by atoms with Crippen molar-refractivity contribution in [3.8, 4) is 11.5 Å². The van der Waals surface area contributed by atoms with Crippen LogP contribution in [0.3, 0.4) is 0 Å². The third-order valence-electron chi connectivity index (χ3n) is 3.23. The Balaban J connectivity index is 2.52. The van der Waals surface area contributed by atoms with Crippen molar-refractivity contribution < 1.29 is 19.2 Å². The summed E-state index contributed by atoms with van der Waals surface area (Å²) in [6.45, 7) is 0. The van der Waals surface area contributed by atoms with E-state index in [1.807, 2.05) is 0 Å². The van der Waals surface area contributed by atoms with Crippen LogP contribution in [0.25, 0.3) is 0 Å². The van der Waals surface area contributed by atoms with Gasteiger partial charge in [0.25, 0.3) is 5.69 Å². The molecule has 0 aliphatic carbocycles. The van der Waals surface area contributed by atoms with E-state index < -0.39 is 11.0 Å². The standard InChI is InChI=1S/C16H12Cl3N3O5/c1-20-16(23)21-15(26-2)9-7-8(3-5-11(9)22(24)25)27-12-6-4-10(17)13(18)14(12)19/h3-7H,1-2H3,(H,20,23). The average molecular weight is 433 g/mol. The number of aliphatic imine (C=N–C) groups is 1. The van der Waals surface area contributed by atoms with Crippen LogP contribution < -0.4 is 10.1 Å². The first kappa shape index (κ1) is 20.8. The molecule has 27 heavy (non-hydrogen) atoms. The summed E-state index contributed by atoms with van der Waals surface area (Å²) in [5.74, 6) is 0.109. The molecule has 0 radical (unpaired) electrons. The minimum atomic E-state index is -0.736. The Morgan fingerprint density at radius 1 is 1.19 bits per heavy atom. The van der Waals surface area contributed by atoms with Gasteiger partial charge in [-0.3, -0.25) is 10.1 Å². The van der Waals surface area contributed by atoms with Crippen LogP contribution in [-0.2, 0) is 4.74 Å². The lowest BCUT2D eigenvalue weighted by Gasteiger charge is -2.11. The van der Waals surface area contributed by atoms with Crippen molar-refractivity contribution in [2.75, 3.05) is 14.2 Å². The van der Waals surface area contributed by atoms with Crippen molar-refractivity contribution in [3.05, 3.63) is 61.1 Å². The van der Waals surface area contributed by atoms with E-state index in [1.54, 1.807) is 0 Å². The predicted molar refractivity (Wildman–Crippen MR) is 103 cm³/mol. The maximum atomic E-state index is 11.5. The molecular weight excluding hydrogens is 421 g/mol. The number of nitrogens with one attached hydrogen (secondary N) is 1. The summed E-state index contributed by atoms with van der Waals surface area (Å²) in [4.78, 5) is 25.8. The second kappa shape index (κ2) is 8.90. The number of carbonyl (C=O) groups excluding carboxylic acids is 1. The molecule has 2 amide bonds. The first-order valence-corrected chi connectivity index (χ1v) is 8.36. The second-order valence-corrected chi connectivity index (χ2v) is 6.05. The largest absolute Gasteiger partial charge is 0.480 e. The van der Waals surface area contributed by atoms with Crippen molar-refractivity contribution in [3.63, 3.8) is 0 Å². The molecule has 0 spiro atoms. The zero-order valence-corrected chi connectivity index (χ0v) is 16.2. The molecule has 2 rings (SSSR count). The second-order valence-electron chi connectivity index (χ2n) is 4.89. The fourth-order valence-electron chi connectivity index (χ4n) is 1.99. The zero-order valence-electron chi connectivity index (χ0n) is 14.0. The topological polar surface area (TPSA) is 103 Å². The fourth-order valence-corrected chi connectivity index (χ4v) is 2.55. The maximum absolute atomic E-state index is 11.5. The molecule has 1 N–H and O–H groups in total. The molecule has 2 aromatic rings. The van der Waals surface area contributed by atoms with Gasteiger partial charge >= 0.3 is 6.03 Å². The molecule has 2 aromatic carbocycles. The van der Waals surface area contributed by atoms with Crippen molar-refractivity contribution >= 4 is 52.4 Å². The smallest absolute Gasteiger partial charge is 0.343 e. The molecule has 0 saturated carbocycles. The van der Waals surface area contributed by atoms with Crippen molar-refractivity contribution in [2.45, 2.75) is 0 Å². The Kier molecular flexibility index (Phi) is 6.84. The van der Waals surface area contributed by atoms with Gasteiger partial charge in [0, 0.05) is 19.2 Å². The fraction of sp³-hybridized carbons (Fsp3) is 0.125. The Morgan fingerprint density at radius 2 is 1.89 bits per heavy atom. The van der Waals surface area contributed by atoms with Gasteiger partial charge in [-0.15, -0.1) is 0 Å². The van der Waals surface area contributed by atoms with Crippen LogP contribution in [0.15, 0.2) is 35.3 Å². The summed E-state index contributed by atoms with van der Waals surface area (Å²) >= 11 is 17.9. The minimum absolute atomic E-state index is 0.0558. The normalized spacial score (nSPS) is 11.1. The summed E-state index contributed by atoms with van der Waals surface area (Å²) in [7, 11) is 2.59. The Hall–Kier alpha value is -2.55. The highest BCUT2D eigenvalue weighted by Crippen LogP contribution is 2.39. The van der Waals surface area contributed by atoms with E-state index in [0.717, 1.165) is 0 Å². The van der Waals surface area contributed by atoms with E-state index in [-0.39, 0.29) is 43.7 Å². The molecule has 0 saturated heterocycles. The number of benzene rings is 2. The van der Waals surface area contributed by atoms with E-state index in [9.17, 15) is 14.9 Å². The lowest BCUT2D eigenvalue weighted by molar-refractivity contribution is -0.385. The van der Waals surface area contributed by atoms with Gasteiger partial charge in [-0.05, 0) is 18.2 Å².